The number of nitrogens with one attached hydrogen (secondary N) is 1. The number of anilines is 2. The number of likely N-dealkylation sites (N-methyl/N-ethyl adjacent to an activating group) is 1. The van der Waals surface area contributed by atoms with Gasteiger partial charge in [-0.2, -0.15) is 0 Å². The lowest BCUT2D eigenvalue weighted by atomic mass is 10.1. The number of carbonyl (C=O) groups is 1. The number of carbonyl (C=O) groups excluding carboxylic acids is 1. The fourth-order valence-corrected chi connectivity index (χ4v) is 2.85. The van der Waals surface area contributed by atoms with Gasteiger partial charge < -0.3 is 10.2 Å². The predicted molar refractivity (Wildman–Crippen MR) is 108 cm³/mol. The van der Waals surface area contributed by atoms with Crippen molar-refractivity contribution >= 4 is 17.3 Å². The van der Waals surface area contributed by atoms with Crippen molar-refractivity contribution in [1.82, 2.24) is 14.9 Å². The van der Waals surface area contributed by atoms with Crippen LogP contribution in [0.4, 0.5) is 11.4 Å². The Kier molecular flexibility index (Phi) is 5.81. The van der Waals surface area contributed by atoms with Gasteiger partial charge in [-0.3, -0.25) is 9.78 Å². The molecular weight excluding hydrogens is 336 g/mol. The van der Waals surface area contributed by atoms with Gasteiger partial charge in [-0.1, -0.05) is 17.7 Å². The molecule has 0 unspecified atom stereocenters. The molecule has 1 amide bonds. The molecule has 0 saturated heterocycles. The molecule has 0 bridgehead atoms. The predicted octanol–water partition coefficient (Wildman–Crippen LogP) is 4.15. The van der Waals surface area contributed by atoms with Crippen molar-refractivity contribution in [2.24, 2.45) is 0 Å². The lowest BCUT2D eigenvalue weighted by molar-refractivity contribution is 0.0791. The van der Waals surface area contributed by atoms with Gasteiger partial charge >= 0.3 is 0 Å². The highest BCUT2D eigenvalue weighted by atomic mass is 16.2. The van der Waals surface area contributed by atoms with Crippen molar-refractivity contribution in [3.8, 4) is 0 Å². The molecule has 27 heavy (non-hydrogen) atoms. The Bertz CT molecular complexity index is 907. The Morgan fingerprint density at radius 2 is 1.85 bits per heavy atom. The molecule has 5 nitrogen and oxygen atoms in total. The van der Waals surface area contributed by atoms with E-state index in [1.54, 1.807) is 36.6 Å². The van der Waals surface area contributed by atoms with Gasteiger partial charge in [-0.05, 0) is 61.7 Å². The number of pyridine rings is 2. The first-order valence-corrected chi connectivity index (χ1v) is 8.97. The van der Waals surface area contributed by atoms with Crippen molar-refractivity contribution in [3.05, 3.63) is 83.4 Å². The summed E-state index contributed by atoms with van der Waals surface area (Å²) in [6.07, 6.45) is 6.01. The minimum absolute atomic E-state index is 0.0814. The molecule has 0 aliphatic heterocycles. The first kappa shape index (κ1) is 18.6. The average molecular weight is 360 g/mol. The maximum Gasteiger partial charge on any atom is 0.272 e. The highest BCUT2D eigenvalue weighted by Gasteiger charge is 2.13. The molecule has 0 aliphatic rings. The quantitative estimate of drug-likeness (QED) is 0.717. The zero-order chi connectivity index (χ0) is 19.2. The largest absolute Gasteiger partial charge is 0.354 e. The first-order chi connectivity index (χ1) is 13.0. The van der Waals surface area contributed by atoms with Crippen LogP contribution in [-0.4, -0.2) is 34.4 Å². The summed E-state index contributed by atoms with van der Waals surface area (Å²) in [6.45, 7) is 4.77. The summed E-state index contributed by atoms with van der Waals surface area (Å²) in [5.74, 6) is -0.0814. The first-order valence-electron chi connectivity index (χ1n) is 8.97. The molecule has 138 valence electrons. The maximum atomic E-state index is 12.6. The third-order valence-electron chi connectivity index (χ3n) is 4.48. The second-order valence-electron chi connectivity index (χ2n) is 6.71. The Morgan fingerprint density at radius 1 is 1.07 bits per heavy atom. The van der Waals surface area contributed by atoms with E-state index in [0.29, 0.717) is 12.2 Å². The molecule has 3 aromatic rings. The summed E-state index contributed by atoms with van der Waals surface area (Å²) in [6, 6.07) is 13.8. The fraction of sp³-hybridized carbons (Fsp3) is 0.227. The summed E-state index contributed by atoms with van der Waals surface area (Å²) in [5.41, 5.74) is 5.90. The van der Waals surface area contributed by atoms with Crippen molar-refractivity contribution in [3.63, 3.8) is 0 Å². The van der Waals surface area contributed by atoms with Crippen LogP contribution in [0.15, 0.2) is 61.1 Å². The molecule has 0 atom stereocenters. The number of hydrogen-bond donors (Lipinski definition) is 1. The number of hydrogen-bond acceptors (Lipinski definition) is 4. The van der Waals surface area contributed by atoms with Gasteiger partial charge in [0.15, 0.2) is 0 Å². The van der Waals surface area contributed by atoms with Crippen LogP contribution in [0, 0.1) is 13.8 Å². The third kappa shape index (κ3) is 4.91. The van der Waals surface area contributed by atoms with Gasteiger partial charge in [-0.15, -0.1) is 0 Å². The molecule has 0 radical (unpaired) electrons. The van der Waals surface area contributed by atoms with Crippen LogP contribution < -0.4 is 5.32 Å². The molecule has 2 aromatic heterocycles. The van der Waals surface area contributed by atoms with E-state index in [1.807, 2.05) is 18.2 Å². The van der Waals surface area contributed by atoms with Crippen LogP contribution in [-0.2, 0) is 6.42 Å². The average Bonchev–Trinajstić information content (AvgIpc) is 2.69. The normalized spacial score (nSPS) is 10.5. The standard InChI is InChI=1S/C22H24N4O/c1-16-4-6-20(17(2)14-16)25-19-5-7-21(24-15-19)22(27)26(3)13-10-18-8-11-23-12-9-18/h4-9,11-12,14-15,25H,10,13H2,1-3H3. The van der Waals surface area contributed by atoms with Gasteiger partial charge in [-0.25, -0.2) is 4.98 Å². The van der Waals surface area contributed by atoms with E-state index in [0.717, 1.165) is 23.4 Å². The van der Waals surface area contributed by atoms with Crippen LogP contribution in [0.5, 0.6) is 0 Å². The summed E-state index contributed by atoms with van der Waals surface area (Å²) < 4.78 is 0. The van der Waals surface area contributed by atoms with Crippen LogP contribution in [0.3, 0.4) is 0 Å². The van der Waals surface area contributed by atoms with E-state index >= 15 is 0 Å². The van der Waals surface area contributed by atoms with E-state index in [9.17, 15) is 4.79 Å². The molecule has 0 fully saturated rings. The van der Waals surface area contributed by atoms with Crippen molar-refractivity contribution in [2.75, 3.05) is 18.9 Å². The Morgan fingerprint density at radius 3 is 2.52 bits per heavy atom. The maximum absolute atomic E-state index is 12.6. The van der Waals surface area contributed by atoms with Gasteiger partial charge in [0, 0.05) is 31.7 Å². The second-order valence-corrected chi connectivity index (χ2v) is 6.71. The number of aromatic nitrogens is 2. The van der Waals surface area contributed by atoms with Gasteiger partial charge in [0.05, 0.1) is 11.9 Å². The van der Waals surface area contributed by atoms with Gasteiger partial charge in [0.2, 0.25) is 0 Å². The van der Waals surface area contributed by atoms with Crippen LogP contribution in [0.2, 0.25) is 0 Å². The molecule has 0 saturated carbocycles. The molecule has 0 aliphatic carbocycles. The fourth-order valence-electron chi connectivity index (χ4n) is 2.85. The molecule has 5 heteroatoms. The summed E-state index contributed by atoms with van der Waals surface area (Å²) in [7, 11) is 1.80. The Hall–Kier alpha value is -3.21. The molecule has 2 heterocycles. The smallest absolute Gasteiger partial charge is 0.272 e. The van der Waals surface area contributed by atoms with E-state index in [2.05, 4.69) is 47.3 Å². The second kappa shape index (κ2) is 8.45. The summed E-state index contributed by atoms with van der Waals surface area (Å²) >= 11 is 0. The highest BCUT2D eigenvalue weighted by molar-refractivity contribution is 5.92. The zero-order valence-electron chi connectivity index (χ0n) is 15.9. The lowest BCUT2D eigenvalue weighted by Gasteiger charge is -2.17. The highest BCUT2D eigenvalue weighted by Crippen LogP contribution is 2.21. The number of nitrogens with zero attached hydrogens (tertiary/aromatic N) is 3. The van der Waals surface area contributed by atoms with E-state index in [1.165, 1.54) is 11.1 Å². The van der Waals surface area contributed by atoms with Crippen molar-refractivity contribution in [1.29, 1.82) is 0 Å². The number of aryl methyl sites for hydroxylation is 2. The molecule has 3 rings (SSSR count). The lowest BCUT2D eigenvalue weighted by Crippen LogP contribution is -2.29. The third-order valence-corrected chi connectivity index (χ3v) is 4.48. The minimum Gasteiger partial charge on any atom is -0.354 e. The topological polar surface area (TPSA) is 58.1 Å². The van der Waals surface area contributed by atoms with Crippen LogP contribution >= 0.6 is 0 Å². The van der Waals surface area contributed by atoms with Crippen molar-refractivity contribution < 1.29 is 4.79 Å². The van der Waals surface area contributed by atoms with E-state index in [-0.39, 0.29) is 5.91 Å². The molecule has 0 spiro atoms. The zero-order valence-corrected chi connectivity index (χ0v) is 15.9. The van der Waals surface area contributed by atoms with Gasteiger partial charge in [0.1, 0.15) is 5.69 Å². The molecule has 1 aromatic carbocycles. The Labute approximate surface area is 160 Å². The van der Waals surface area contributed by atoms with E-state index < -0.39 is 0 Å². The van der Waals surface area contributed by atoms with Crippen molar-refractivity contribution in [2.45, 2.75) is 20.3 Å². The Balaban J connectivity index is 1.61. The van der Waals surface area contributed by atoms with Crippen LogP contribution in [0.25, 0.3) is 0 Å². The van der Waals surface area contributed by atoms with Crippen LogP contribution in [0.1, 0.15) is 27.2 Å². The minimum atomic E-state index is -0.0814. The van der Waals surface area contributed by atoms with Gasteiger partial charge in [0.25, 0.3) is 5.91 Å². The monoisotopic (exact) mass is 360 g/mol. The SMILES string of the molecule is Cc1ccc(Nc2ccc(C(=O)N(C)CCc3ccncc3)nc2)c(C)c1. The molecule has 1 N–H and O–H groups in total. The molecular formula is C22H24N4O. The van der Waals surface area contributed by atoms with E-state index in [4.69, 9.17) is 0 Å². The number of benzene rings is 1. The summed E-state index contributed by atoms with van der Waals surface area (Å²) in [4.78, 5) is 22.6. The summed E-state index contributed by atoms with van der Waals surface area (Å²) in [5, 5.41) is 3.35. The number of amides is 1. The number of rotatable bonds is 6.